The average Bonchev–Trinajstić information content (AvgIpc) is 2.43. The zero-order chi connectivity index (χ0) is 13.8. The quantitative estimate of drug-likeness (QED) is 0.848. The highest BCUT2D eigenvalue weighted by atomic mass is 16.1. The Bertz CT molecular complexity index is 445. The van der Waals surface area contributed by atoms with Crippen molar-refractivity contribution >= 4 is 5.91 Å². The zero-order valence-electron chi connectivity index (χ0n) is 11.9. The number of rotatable bonds is 4. The van der Waals surface area contributed by atoms with E-state index in [-0.39, 0.29) is 11.8 Å². The van der Waals surface area contributed by atoms with Gasteiger partial charge in [-0.15, -0.1) is 0 Å². The number of benzene rings is 1. The van der Waals surface area contributed by atoms with Crippen LogP contribution in [-0.4, -0.2) is 44.0 Å². The van der Waals surface area contributed by atoms with Gasteiger partial charge in [0, 0.05) is 25.7 Å². The fourth-order valence-corrected chi connectivity index (χ4v) is 2.28. The molecule has 4 nitrogen and oxygen atoms in total. The standard InChI is InChI=1S/C15H23N3O/c1-11(18(2)3)8-17-15(19)14-10-16-9-12-6-4-5-7-13(12)14/h4-7,11,14,16H,8-10H2,1-3H3,(H,17,19). The molecule has 1 amide bonds. The predicted molar refractivity (Wildman–Crippen MR) is 77.0 cm³/mol. The molecule has 104 valence electrons. The molecule has 1 aliphatic heterocycles. The van der Waals surface area contributed by atoms with E-state index in [9.17, 15) is 4.79 Å². The van der Waals surface area contributed by atoms with Crippen LogP contribution in [0.2, 0.25) is 0 Å². The fraction of sp³-hybridized carbons (Fsp3) is 0.533. The number of amides is 1. The summed E-state index contributed by atoms with van der Waals surface area (Å²) in [4.78, 5) is 14.4. The molecule has 2 N–H and O–H groups in total. The largest absolute Gasteiger partial charge is 0.354 e. The Morgan fingerprint density at radius 3 is 2.95 bits per heavy atom. The van der Waals surface area contributed by atoms with Crippen molar-refractivity contribution in [2.75, 3.05) is 27.2 Å². The molecule has 0 aliphatic carbocycles. The van der Waals surface area contributed by atoms with Crippen LogP contribution in [0.4, 0.5) is 0 Å². The van der Waals surface area contributed by atoms with E-state index in [1.54, 1.807) is 0 Å². The predicted octanol–water partition coefficient (Wildman–Crippen LogP) is 0.940. The minimum Gasteiger partial charge on any atom is -0.354 e. The van der Waals surface area contributed by atoms with E-state index in [0.29, 0.717) is 12.6 Å². The minimum atomic E-state index is -0.0701. The number of carbonyl (C=O) groups excluding carboxylic acids is 1. The smallest absolute Gasteiger partial charge is 0.228 e. The summed E-state index contributed by atoms with van der Waals surface area (Å²) in [6.45, 7) is 4.37. The van der Waals surface area contributed by atoms with Gasteiger partial charge in [0.15, 0.2) is 0 Å². The molecule has 1 aliphatic rings. The molecule has 1 aromatic carbocycles. The number of hydrogen-bond donors (Lipinski definition) is 2. The van der Waals surface area contributed by atoms with Gasteiger partial charge in [0.2, 0.25) is 5.91 Å². The molecule has 2 atom stereocenters. The molecule has 0 radical (unpaired) electrons. The number of nitrogens with zero attached hydrogens (tertiary/aromatic N) is 1. The van der Waals surface area contributed by atoms with Gasteiger partial charge in [-0.05, 0) is 32.1 Å². The molecule has 0 aromatic heterocycles. The summed E-state index contributed by atoms with van der Waals surface area (Å²) in [6.07, 6.45) is 0. The molecule has 0 bridgehead atoms. The Labute approximate surface area is 115 Å². The lowest BCUT2D eigenvalue weighted by Gasteiger charge is -2.27. The van der Waals surface area contributed by atoms with E-state index in [2.05, 4.69) is 34.6 Å². The number of hydrogen-bond acceptors (Lipinski definition) is 3. The fourth-order valence-electron chi connectivity index (χ4n) is 2.28. The number of nitrogens with one attached hydrogen (secondary N) is 2. The van der Waals surface area contributed by atoms with Crippen LogP contribution in [0.15, 0.2) is 24.3 Å². The van der Waals surface area contributed by atoms with Gasteiger partial charge in [0.05, 0.1) is 5.92 Å². The van der Waals surface area contributed by atoms with Crippen molar-refractivity contribution in [3.05, 3.63) is 35.4 Å². The second kappa shape index (κ2) is 6.17. The van der Waals surface area contributed by atoms with Gasteiger partial charge < -0.3 is 15.5 Å². The van der Waals surface area contributed by atoms with Crippen LogP contribution in [0.5, 0.6) is 0 Å². The molecule has 0 spiro atoms. The highest BCUT2D eigenvalue weighted by Gasteiger charge is 2.25. The van der Waals surface area contributed by atoms with E-state index in [1.165, 1.54) is 5.56 Å². The first-order chi connectivity index (χ1) is 9.09. The molecule has 4 heteroatoms. The molecule has 1 heterocycles. The summed E-state index contributed by atoms with van der Waals surface area (Å²) in [5.74, 6) is 0.0488. The van der Waals surface area contributed by atoms with Crippen LogP contribution in [0, 0.1) is 0 Å². The van der Waals surface area contributed by atoms with E-state index >= 15 is 0 Å². The summed E-state index contributed by atoms with van der Waals surface area (Å²) in [7, 11) is 4.04. The van der Waals surface area contributed by atoms with Gasteiger partial charge in [-0.1, -0.05) is 24.3 Å². The van der Waals surface area contributed by atoms with Crippen molar-refractivity contribution in [3.63, 3.8) is 0 Å². The van der Waals surface area contributed by atoms with Gasteiger partial charge in [0.1, 0.15) is 0 Å². The second-order valence-electron chi connectivity index (χ2n) is 5.44. The lowest BCUT2D eigenvalue weighted by Crippen LogP contribution is -2.43. The van der Waals surface area contributed by atoms with Crippen LogP contribution in [-0.2, 0) is 11.3 Å². The molecule has 2 rings (SSSR count). The number of fused-ring (bicyclic) bond motifs is 1. The maximum atomic E-state index is 12.3. The van der Waals surface area contributed by atoms with Crippen molar-refractivity contribution in [2.24, 2.45) is 0 Å². The Morgan fingerprint density at radius 1 is 1.47 bits per heavy atom. The van der Waals surface area contributed by atoms with Crippen LogP contribution >= 0.6 is 0 Å². The monoisotopic (exact) mass is 261 g/mol. The lowest BCUT2D eigenvalue weighted by atomic mass is 9.90. The summed E-state index contributed by atoms with van der Waals surface area (Å²) in [5.41, 5.74) is 2.39. The van der Waals surface area contributed by atoms with Gasteiger partial charge in [0.25, 0.3) is 0 Å². The Morgan fingerprint density at radius 2 is 2.21 bits per heavy atom. The molecule has 19 heavy (non-hydrogen) atoms. The van der Waals surface area contributed by atoms with E-state index in [1.807, 2.05) is 26.2 Å². The summed E-state index contributed by atoms with van der Waals surface area (Å²) in [5, 5.41) is 6.36. The minimum absolute atomic E-state index is 0.0701. The summed E-state index contributed by atoms with van der Waals surface area (Å²) >= 11 is 0. The van der Waals surface area contributed by atoms with E-state index in [4.69, 9.17) is 0 Å². The second-order valence-corrected chi connectivity index (χ2v) is 5.44. The molecule has 0 fully saturated rings. The van der Waals surface area contributed by atoms with Crippen molar-refractivity contribution in [3.8, 4) is 0 Å². The lowest BCUT2D eigenvalue weighted by molar-refractivity contribution is -0.122. The van der Waals surface area contributed by atoms with Gasteiger partial charge >= 0.3 is 0 Å². The SMILES string of the molecule is CC(CNC(=O)C1CNCc2ccccc21)N(C)C. The highest BCUT2D eigenvalue weighted by molar-refractivity contribution is 5.84. The molecular weight excluding hydrogens is 238 g/mol. The number of likely N-dealkylation sites (N-methyl/N-ethyl adjacent to an activating group) is 1. The van der Waals surface area contributed by atoms with Crippen LogP contribution in [0.3, 0.4) is 0 Å². The molecule has 0 saturated heterocycles. The highest BCUT2D eigenvalue weighted by Crippen LogP contribution is 2.23. The maximum absolute atomic E-state index is 12.3. The topological polar surface area (TPSA) is 44.4 Å². The average molecular weight is 261 g/mol. The van der Waals surface area contributed by atoms with Crippen molar-refractivity contribution in [1.82, 2.24) is 15.5 Å². The Balaban J connectivity index is 2.01. The first kappa shape index (κ1) is 14.0. The third-order valence-corrected chi connectivity index (χ3v) is 3.86. The Hall–Kier alpha value is -1.39. The first-order valence-corrected chi connectivity index (χ1v) is 6.82. The molecule has 0 saturated carbocycles. The zero-order valence-corrected chi connectivity index (χ0v) is 11.9. The normalized spacial score (nSPS) is 19.9. The summed E-state index contributed by atoms with van der Waals surface area (Å²) in [6, 6.07) is 8.53. The van der Waals surface area contributed by atoms with Gasteiger partial charge in [-0.2, -0.15) is 0 Å². The van der Waals surface area contributed by atoms with Crippen LogP contribution in [0.25, 0.3) is 0 Å². The van der Waals surface area contributed by atoms with Crippen molar-refractivity contribution in [1.29, 1.82) is 0 Å². The third-order valence-electron chi connectivity index (χ3n) is 3.86. The van der Waals surface area contributed by atoms with Crippen LogP contribution < -0.4 is 10.6 Å². The van der Waals surface area contributed by atoms with Crippen molar-refractivity contribution < 1.29 is 4.79 Å². The molecule has 2 unspecified atom stereocenters. The van der Waals surface area contributed by atoms with Crippen molar-refractivity contribution in [2.45, 2.75) is 25.4 Å². The van der Waals surface area contributed by atoms with Gasteiger partial charge in [-0.25, -0.2) is 0 Å². The Kier molecular flexibility index (Phi) is 4.56. The maximum Gasteiger partial charge on any atom is 0.228 e. The third kappa shape index (κ3) is 3.33. The van der Waals surface area contributed by atoms with Crippen LogP contribution in [0.1, 0.15) is 24.0 Å². The summed E-state index contributed by atoms with van der Waals surface area (Å²) < 4.78 is 0. The first-order valence-electron chi connectivity index (χ1n) is 6.82. The van der Waals surface area contributed by atoms with Gasteiger partial charge in [-0.3, -0.25) is 4.79 Å². The van der Waals surface area contributed by atoms with E-state index in [0.717, 1.165) is 18.7 Å². The molecule has 1 aromatic rings. The number of carbonyl (C=O) groups is 1. The molecular formula is C15H23N3O. The van der Waals surface area contributed by atoms with E-state index < -0.39 is 0 Å².